The third-order valence-electron chi connectivity index (χ3n) is 3.66. The van der Waals surface area contributed by atoms with Crippen molar-refractivity contribution >= 4 is 0 Å². The van der Waals surface area contributed by atoms with E-state index in [0.29, 0.717) is 5.89 Å². The summed E-state index contributed by atoms with van der Waals surface area (Å²) in [5, 5.41) is 6.97. The van der Waals surface area contributed by atoms with Gasteiger partial charge in [0.15, 0.2) is 5.82 Å². The van der Waals surface area contributed by atoms with Crippen molar-refractivity contribution in [3.8, 4) is 0 Å². The first-order valence-electron chi connectivity index (χ1n) is 6.63. The zero-order chi connectivity index (χ0) is 14.6. The van der Waals surface area contributed by atoms with Crippen LogP contribution >= 0.6 is 0 Å². The van der Waals surface area contributed by atoms with Crippen LogP contribution < -0.4 is 5.32 Å². The maximum absolute atomic E-state index is 12.0. The van der Waals surface area contributed by atoms with E-state index in [1.165, 1.54) is 0 Å². The Kier molecular flexibility index (Phi) is 4.64. The number of aromatic nitrogens is 2. The van der Waals surface area contributed by atoms with Crippen LogP contribution in [0.1, 0.15) is 37.9 Å². The average molecular weight is 293 g/mol. The second-order valence-corrected chi connectivity index (χ2v) is 5.01. The molecule has 0 aromatic carbocycles. The minimum absolute atomic E-state index is 0.163. The maximum atomic E-state index is 12.0. The summed E-state index contributed by atoms with van der Waals surface area (Å²) < 4.78 is 45.7. The summed E-state index contributed by atoms with van der Waals surface area (Å²) in [4.78, 5) is 4.20. The maximum Gasteiger partial charge on any atom is 0.411 e. The van der Waals surface area contributed by atoms with Gasteiger partial charge in [-0.15, -0.1) is 0 Å². The molecule has 0 saturated carbocycles. The fourth-order valence-corrected chi connectivity index (χ4v) is 2.41. The first kappa shape index (κ1) is 15.2. The van der Waals surface area contributed by atoms with Gasteiger partial charge in [-0.05, 0) is 32.4 Å². The molecule has 0 atom stereocenters. The van der Waals surface area contributed by atoms with Gasteiger partial charge in [0.1, 0.15) is 13.2 Å². The number of hydrogen-bond donors (Lipinski definition) is 1. The zero-order valence-corrected chi connectivity index (χ0v) is 11.3. The Labute approximate surface area is 114 Å². The molecule has 1 aromatic heterocycles. The largest absolute Gasteiger partial charge is 0.411 e. The Balaban J connectivity index is 1.97. The number of ether oxygens (including phenoxy) is 1. The lowest BCUT2D eigenvalue weighted by Gasteiger charge is -2.33. The molecule has 114 valence electrons. The minimum atomic E-state index is -4.34. The first-order chi connectivity index (χ1) is 9.45. The van der Waals surface area contributed by atoms with Gasteiger partial charge in [-0.2, -0.15) is 18.2 Å². The van der Waals surface area contributed by atoms with Gasteiger partial charge < -0.3 is 14.6 Å². The SMILES string of the molecule is CCC1(c2nc(COCC(F)(F)F)no2)CCNCC1. The number of halogens is 3. The van der Waals surface area contributed by atoms with Crippen LogP contribution in [0.2, 0.25) is 0 Å². The summed E-state index contributed by atoms with van der Waals surface area (Å²) in [5.41, 5.74) is -0.166. The van der Waals surface area contributed by atoms with Crippen molar-refractivity contribution in [2.45, 2.75) is 44.4 Å². The molecule has 2 heterocycles. The molecule has 1 aromatic rings. The van der Waals surface area contributed by atoms with Gasteiger partial charge >= 0.3 is 6.18 Å². The molecule has 5 nitrogen and oxygen atoms in total. The smallest absolute Gasteiger partial charge is 0.364 e. The summed E-state index contributed by atoms with van der Waals surface area (Å²) in [7, 11) is 0. The number of alkyl halides is 3. The lowest BCUT2D eigenvalue weighted by Crippen LogP contribution is -2.39. The van der Waals surface area contributed by atoms with Crippen LogP contribution in [-0.4, -0.2) is 36.0 Å². The van der Waals surface area contributed by atoms with Gasteiger partial charge in [0.25, 0.3) is 0 Å². The number of nitrogens with zero attached hydrogens (tertiary/aromatic N) is 2. The Morgan fingerprint density at radius 3 is 2.65 bits per heavy atom. The van der Waals surface area contributed by atoms with Crippen LogP contribution in [0.5, 0.6) is 0 Å². The standard InChI is InChI=1S/C12H18F3N3O2/c1-2-11(3-5-16-6-4-11)10-17-9(18-20-10)7-19-8-12(13,14)15/h16H,2-8H2,1H3. The van der Waals surface area contributed by atoms with Crippen molar-refractivity contribution in [3.63, 3.8) is 0 Å². The molecule has 1 aliphatic heterocycles. The zero-order valence-electron chi connectivity index (χ0n) is 11.3. The topological polar surface area (TPSA) is 60.2 Å². The Hall–Kier alpha value is -1.15. The van der Waals surface area contributed by atoms with Gasteiger partial charge in [0.2, 0.25) is 5.89 Å². The van der Waals surface area contributed by atoms with Gasteiger partial charge in [0, 0.05) is 0 Å². The van der Waals surface area contributed by atoms with Crippen molar-refractivity contribution in [1.29, 1.82) is 0 Å². The Bertz CT molecular complexity index is 428. The molecule has 0 bridgehead atoms. The highest BCUT2D eigenvalue weighted by Crippen LogP contribution is 2.35. The molecule has 0 amide bonds. The summed E-state index contributed by atoms with van der Waals surface area (Å²) >= 11 is 0. The van der Waals surface area contributed by atoms with Crippen LogP contribution in [0.4, 0.5) is 13.2 Å². The molecule has 1 N–H and O–H groups in total. The van der Waals surface area contributed by atoms with Crippen LogP contribution in [0.3, 0.4) is 0 Å². The van der Waals surface area contributed by atoms with Crippen molar-refractivity contribution < 1.29 is 22.4 Å². The van der Waals surface area contributed by atoms with Crippen LogP contribution in [-0.2, 0) is 16.8 Å². The van der Waals surface area contributed by atoms with Gasteiger partial charge in [-0.3, -0.25) is 0 Å². The van der Waals surface area contributed by atoms with Crippen molar-refractivity contribution in [1.82, 2.24) is 15.5 Å². The second kappa shape index (κ2) is 6.09. The van der Waals surface area contributed by atoms with Crippen LogP contribution in [0, 0.1) is 0 Å². The average Bonchev–Trinajstić information content (AvgIpc) is 2.87. The van der Waals surface area contributed by atoms with E-state index in [9.17, 15) is 13.2 Å². The van der Waals surface area contributed by atoms with Gasteiger partial charge in [-0.25, -0.2) is 0 Å². The van der Waals surface area contributed by atoms with E-state index in [2.05, 4.69) is 27.1 Å². The van der Waals surface area contributed by atoms with E-state index in [0.717, 1.165) is 32.4 Å². The molecule has 2 rings (SSSR count). The van der Waals surface area contributed by atoms with Gasteiger partial charge in [0.05, 0.1) is 5.41 Å². The Morgan fingerprint density at radius 2 is 2.05 bits per heavy atom. The highest BCUT2D eigenvalue weighted by atomic mass is 19.4. The molecule has 0 radical (unpaired) electrons. The molecule has 20 heavy (non-hydrogen) atoms. The Morgan fingerprint density at radius 1 is 1.35 bits per heavy atom. The highest BCUT2D eigenvalue weighted by Gasteiger charge is 2.37. The summed E-state index contributed by atoms with van der Waals surface area (Å²) in [6.45, 7) is 2.20. The summed E-state index contributed by atoms with van der Waals surface area (Å²) in [6, 6.07) is 0. The lowest BCUT2D eigenvalue weighted by molar-refractivity contribution is -0.177. The third kappa shape index (κ3) is 3.69. The molecule has 0 unspecified atom stereocenters. The second-order valence-electron chi connectivity index (χ2n) is 5.01. The molecule has 1 fully saturated rings. The molecule has 0 aliphatic carbocycles. The van der Waals surface area contributed by atoms with Crippen LogP contribution in [0.15, 0.2) is 4.52 Å². The quantitative estimate of drug-likeness (QED) is 0.901. The predicted molar refractivity (Wildman–Crippen MR) is 64.1 cm³/mol. The summed E-state index contributed by atoms with van der Waals surface area (Å²) in [5.74, 6) is 0.669. The van der Waals surface area contributed by atoms with Gasteiger partial charge in [-0.1, -0.05) is 12.1 Å². The van der Waals surface area contributed by atoms with E-state index in [1.54, 1.807) is 0 Å². The van der Waals surface area contributed by atoms with Crippen molar-refractivity contribution in [3.05, 3.63) is 11.7 Å². The number of rotatable bonds is 5. The molecule has 8 heteroatoms. The minimum Gasteiger partial charge on any atom is -0.364 e. The normalized spacial score (nSPS) is 19.2. The number of nitrogens with one attached hydrogen (secondary N) is 1. The van der Waals surface area contributed by atoms with Crippen LogP contribution in [0.25, 0.3) is 0 Å². The molecular weight excluding hydrogens is 275 g/mol. The van der Waals surface area contributed by atoms with E-state index < -0.39 is 12.8 Å². The van der Waals surface area contributed by atoms with Crippen molar-refractivity contribution in [2.75, 3.05) is 19.7 Å². The molecule has 0 spiro atoms. The third-order valence-corrected chi connectivity index (χ3v) is 3.66. The number of hydrogen-bond acceptors (Lipinski definition) is 5. The summed E-state index contributed by atoms with van der Waals surface area (Å²) in [6.07, 6.45) is -1.71. The van der Waals surface area contributed by atoms with Crippen molar-refractivity contribution in [2.24, 2.45) is 0 Å². The molecule has 1 saturated heterocycles. The number of piperidine rings is 1. The van der Waals surface area contributed by atoms with E-state index in [1.807, 2.05) is 0 Å². The fraction of sp³-hybridized carbons (Fsp3) is 0.833. The van der Waals surface area contributed by atoms with E-state index >= 15 is 0 Å². The molecule has 1 aliphatic rings. The highest BCUT2D eigenvalue weighted by molar-refractivity contribution is 5.07. The molecular formula is C12H18F3N3O2. The van der Waals surface area contributed by atoms with E-state index in [4.69, 9.17) is 4.52 Å². The lowest BCUT2D eigenvalue weighted by atomic mass is 9.76. The first-order valence-corrected chi connectivity index (χ1v) is 6.63. The predicted octanol–water partition coefficient (Wildman–Crippen LogP) is 2.18. The van der Waals surface area contributed by atoms with E-state index in [-0.39, 0.29) is 17.8 Å². The fourth-order valence-electron chi connectivity index (χ4n) is 2.41. The monoisotopic (exact) mass is 293 g/mol.